The second kappa shape index (κ2) is 6.47. The third kappa shape index (κ3) is 3.32. The van der Waals surface area contributed by atoms with E-state index in [1.54, 1.807) is 6.92 Å². The van der Waals surface area contributed by atoms with Crippen LogP contribution in [0.3, 0.4) is 0 Å². The van der Waals surface area contributed by atoms with Crippen LogP contribution in [0.1, 0.15) is 6.92 Å². The predicted molar refractivity (Wildman–Crippen MR) is 65.3 cm³/mol. The van der Waals surface area contributed by atoms with Gasteiger partial charge in [-0.2, -0.15) is 0 Å². The number of rotatable bonds is 5. The first-order chi connectivity index (χ1) is 9.34. The summed E-state index contributed by atoms with van der Waals surface area (Å²) >= 11 is 0. The van der Waals surface area contributed by atoms with Crippen molar-refractivity contribution in [2.24, 2.45) is 0 Å². The Morgan fingerprint density at radius 1 is 1.30 bits per heavy atom. The number of methoxy groups -OCH3 is 1. The molecule has 0 aliphatic carbocycles. The SMILES string of the molecule is CCOC=C(C(=O)OC)S(=O)(=O)c1ccc(F)c(F)c1. The molecular weight excluding hydrogens is 294 g/mol. The van der Waals surface area contributed by atoms with E-state index in [2.05, 4.69) is 4.74 Å². The number of sulfone groups is 1. The molecule has 0 aliphatic rings. The summed E-state index contributed by atoms with van der Waals surface area (Å²) in [5.41, 5.74) is 0. The molecule has 0 radical (unpaired) electrons. The van der Waals surface area contributed by atoms with Crippen LogP contribution in [0.4, 0.5) is 8.78 Å². The molecule has 20 heavy (non-hydrogen) atoms. The van der Waals surface area contributed by atoms with Gasteiger partial charge in [-0.15, -0.1) is 0 Å². The van der Waals surface area contributed by atoms with Crippen LogP contribution in [-0.4, -0.2) is 28.1 Å². The topological polar surface area (TPSA) is 69.7 Å². The van der Waals surface area contributed by atoms with Crippen LogP contribution >= 0.6 is 0 Å². The van der Waals surface area contributed by atoms with Crippen LogP contribution in [0.5, 0.6) is 0 Å². The fraction of sp³-hybridized carbons (Fsp3) is 0.250. The van der Waals surface area contributed by atoms with Gasteiger partial charge in [0.1, 0.15) is 6.26 Å². The second-order valence-electron chi connectivity index (χ2n) is 3.51. The van der Waals surface area contributed by atoms with Gasteiger partial charge in [0.25, 0.3) is 0 Å². The van der Waals surface area contributed by atoms with Gasteiger partial charge in [-0.05, 0) is 25.1 Å². The molecule has 8 heteroatoms. The smallest absolute Gasteiger partial charge is 0.353 e. The van der Waals surface area contributed by atoms with E-state index < -0.39 is 37.2 Å². The van der Waals surface area contributed by atoms with Crippen LogP contribution in [0, 0.1) is 11.6 Å². The van der Waals surface area contributed by atoms with Crippen molar-refractivity contribution in [1.29, 1.82) is 0 Å². The van der Waals surface area contributed by atoms with Crippen molar-refractivity contribution in [1.82, 2.24) is 0 Å². The molecule has 0 fully saturated rings. The minimum atomic E-state index is -4.37. The summed E-state index contributed by atoms with van der Waals surface area (Å²) in [7, 11) is -3.38. The zero-order valence-electron chi connectivity index (χ0n) is 10.7. The van der Waals surface area contributed by atoms with Crippen molar-refractivity contribution < 1.29 is 31.5 Å². The highest BCUT2D eigenvalue weighted by Gasteiger charge is 2.29. The van der Waals surface area contributed by atoms with E-state index >= 15 is 0 Å². The van der Waals surface area contributed by atoms with Crippen molar-refractivity contribution in [3.05, 3.63) is 41.0 Å². The number of carbonyl (C=O) groups is 1. The van der Waals surface area contributed by atoms with E-state index in [-0.39, 0.29) is 6.61 Å². The number of benzene rings is 1. The van der Waals surface area contributed by atoms with E-state index in [0.29, 0.717) is 18.4 Å². The highest BCUT2D eigenvalue weighted by atomic mass is 32.2. The summed E-state index contributed by atoms with van der Waals surface area (Å²) in [6, 6.07) is 1.97. The fourth-order valence-electron chi connectivity index (χ4n) is 1.25. The Morgan fingerprint density at radius 2 is 1.95 bits per heavy atom. The molecule has 110 valence electrons. The van der Waals surface area contributed by atoms with Gasteiger partial charge in [0.2, 0.25) is 9.84 Å². The first-order valence-corrected chi connectivity index (χ1v) is 6.93. The Morgan fingerprint density at radius 3 is 2.45 bits per heavy atom. The first kappa shape index (κ1) is 16.1. The van der Waals surface area contributed by atoms with Crippen LogP contribution in [0.15, 0.2) is 34.3 Å². The number of halogens is 2. The molecule has 0 amide bonds. The zero-order valence-corrected chi connectivity index (χ0v) is 11.5. The molecule has 0 spiro atoms. The van der Waals surface area contributed by atoms with Crippen molar-refractivity contribution >= 4 is 15.8 Å². The van der Waals surface area contributed by atoms with Gasteiger partial charge in [0.15, 0.2) is 16.5 Å². The molecular formula is C12H12F2O5S. The van der Waals surface area contributed by atoms with Gasteiger partial charge in [0, 0.05) is 0 Å². The quantitative estimate of drug-likeness (QED) is 0.359. The summed E-state index contributed by atoms with van der Waals surface area (Å²) in [6.07, 6.45) is 0.711. The van der Waals surface area contributed by atoms with Gasteiger partial charge in [-0.1, -0.05) is 0 Å². The average molecular weight is 306 g/mol. The third-order valence-electron chi connectivity index (χ3n) is 2.23. The van der Waals surface area contributed by atoms with E-state index in [1.807, 2.05) is 0 Å². The minimum absolute atomic E-state index is 0.119. The Bertz CT molecular complexity index is 637. The first-order valence-electron chi connectivity index (χ1n) is 5.44. The summed E-state index contributed by atoms with van der Waals surface area (Å²) in [4.78, 5) is 10.1. The Labute approximate surface area is 114 Å². The molecule has 0 heterocycles. The molecule has 0 saturated carbocycles. The standard InChI is InChI=1S/C12H12F2O5S/c1-3-19-7-11(12(15)18-2)20(16,17)8-4-5-9(13)10(14)6-8/h4-7H,3H2,1-2H3. The van der Waals surface area contributed by atoms with Gasteiger partial charge in [0.05, 0.1) is 18.6 Å². The summed E-state index contributed by atoms with van der Waals surface area (Å²) in [6.45, 7) is 1.70. The van der Waals surface area contributed by atoms with E-state index in [1.165, 1.54) is 0 Å². The Hall–Kier alpha value is -1.96. The van der Waals surface area contributed by atoms with Crippen molar-refractivity contribution in [3.63, 3.8) is 0 Å². The van der Waals surface area contributed by atoms with Gasteiger partial charge in [-0.25, -0.2) is 22.0 Å². The van der Waals surface area contributed by atoms with Crippen molar-refractivity contribution in [3.8, 4) is 0 Å². The average Bonchev–Trinajstić information content (AvgIpc) is 2.41. The monoisotopic (exact) mass is 306 g/mol. The van der Waals surface area contributed by atoms with Crippen molar-refractivity contribution in [2.75, 3.05) is 13.7 Å². The van der Waals surface area contributed by atoms with E-state index in [9.17, 15) is 22.0 Å². The Balaban J connectivity index is 3.36. The van der Waals surface area contributed by atoms with E-state index in [0.717, 1.165) is 13.2 Å². The summed E-state index contributed by atoms with van der Waals surface area (Å²) in [5, 5.41) is 0. The molecule has 1 aromatic carbocycles. The molecule has 0 atom stereocenters. The largest absolute Gasteiger partial charge is 0.500 e. The second-order valence-corrected chi connectivity index (χ2v) is 5.43. The molecule has 1 rings (SSSR count). The molecule has 5 nitrogen and oxygen atoms in total. The fourth-order valence-corrected chi connectivity index (χ4v) is 2.51. The molecule has 0 unspecified atom stereocenters. The Kier molecular flexibility index (Phi) is 5.20. The van der Waals surface area contributed by atoms with Crippen LogP contribution in [0.25, 0.3) is 0 Å². The lowest BCUT2D eigenvalue weighted by Crippen LogP contribution is -2.16. The number of ether oxygens (including phenoxy) is 2. The molecule has 1 aromatic rings. The van der Waals surface area contributed by atoms with Crippen LogP contribution < -0.4 is 0 Å². The lowest BCUT2D eigenvalue weighted by Gasteiger charge is -2.08. The number of esters is 1. The normalized spacial score (nSPS) is 12.1. The third-order valence-corrected chi connectivity index (χ3v) is 3.95. The lowest BCUT2D eigenvalue weighted by molar-refractivity contribution is -0.135. The summed E-state index contributed by atoms with van der Waals surface area (Å²) in [5.74, 6) is -3.70. The molecule has 0 saturated heterocycles. The predicted octanol–water partition coefficient (Wildman–Crippen LogP) is 1.79. The highest BCUT2D eigenvalue weighted by molar-refractivity contribution is 7.96. The van der Waals surface area contributed by atoms with Gasteiger partial charge >= 0.3 is 5.97 Å². The molecule has 0 aromatic heterocycles. The maximum absolute atomic E-state index is 13.1. The molecule has 0 bridgehead atoms. The van der Waals surface area contributed by atoms with Crippen LogP contribution in [0.2, 0.25) is 0 Å². The maximum Gasteiger partial charge on any atom is 0.353 e. The zero-order chi connectivity index (χ0) is 15.3. The molecule has 0 aliphatic heterocycles. The number of hydrogen-bond acceptors (Lipinski definition) is 5. The minimum Gasteiger partial charge on any atom is -0.500 e. The van der Waals surface area contributed by atoms with E-state index in [4.69, 9.17) is 4.74 Å². The highest BCUT2D eigenvalue weighted by Crippen LogP contribution is 2.22. The summed E-state index contributed by atoms with van der Waals surface area (Å²) < 4.78 is 59.4. The maximum atomic E-state index is 13.1. The van der Waals surface area contributed by atoms with Crippen LogP contribution in [-0.2, 0) is 24.1 Å². The van der Waals surface area contributed by atoms with Gasteiger partial charge in [-0.3, -0.25) is 0 Å². The van der Waals surface area contributed by atoms with Gasteiger partial charge < -0.3 is 9.47 Å². The van der Waals surface area contributed by atoms with Crippen molar-refractivity contribution in [2.45, 2.75) is 11.8 Å². The lowest BCUT2D eigenvalue weighted by atomic mass is 10.3. The molecule has 0 N–H and O–H groups in total. The number of carbonyl (C=O) groups excluding carboxylic acids is 1. The number of hydrogen-bond donors (Lipinski definition) is 0.